The molecule has 2 N–H and O–H groups in total. The third-order valence-electron chi connectivity index (χ3n) is 5.24. The topological polar surface area (TPSA) is 131 Å². The zero-order valence-electron chi connectivity index (χ0n) is 17.5. The van der Waals surface area contributed by atoms with Crippen LogP contribution in [0.4, 0.5) is 0 Å². The van der Waals surface area contributed by atoms with Gasteiger partial charge in [-0.15, -0.1) is 0 Å². The van der Waals surface area contributed by atoms with Gasteiger partial charge in [0, 0.05) is 32.6 Å². The van der Waals surface area contributed by atoms with Crippen molar-refractivity contribution >= 4 is 22.4 Å². The summed E-state index contributed by atoms with van der Waals surface area (Å²) < 4.78 is 32.3. The fraction of sp³-hybridized carbons (Fsp3) is 0.450. The van der Waals surface area contributed by atoms with Gasteiger partial charge in [-0.1, -0.05) is 30.3 Å². The van der Waals surface area contributed by atoms with Crippen molar-refractivity contribution in [1.82, 2.24) is 19.4 Å². The Morgan fingerprint density at radius 3 is 2.39 bits per heavy atom. The van der Waals surface area contributed by atoms with E-state index in [1.54, 1.807) is 10.9 Å². The summed E-state index contributed by atoms with van der Waals surface area (Å²) in [4.78, 5) is 21.5. The first-order valence-electron chi connectivity index (χ1n) is 9.67. The molecular formula is C20H28N4O6S. The Morgan fingerprint density at radius 2 is 1.90 bits per heavy atom. The highest BCUT2D eigenvalue weighted by atomic mass is 32.2. The van der Waals surface area contributed by atoms with Gasteiger partial charge in [0.2, 0.25) is 10.0 Å². The second-order valence-electron chi connectivity index (χ2n) is 7.13. The average molecular weight is 453 g/mol. The van der Waals surface area contributed by atoms with Crippen molar-refractivity contribution in [3.8, 4) is 0 Å². The molecule has 1 fully saturated rings. The van der Waals surface area contributed by atoms with Crippen LogP contribution in [0, 0.1) is 0 Å². The molecule has 1 aliphatic heterocycles. The van der Waals surface area contributed by atoms with Crippen LogP contribution in [-0.2, 0) is 30.9 Å². The van der Waals surface area contributed by atoms with Crippen molar-refractivity contribution in [3.63, 3.8) is 0 Å². The van der Waals surface area contributed by atoms with Crippen LogP contribution in [0.15, 0.2) is 48.8 Å². The van der Waals surface area contributed by atoms with E-state index in [2.05, 4.69) is 10.4 Å². The van der Waals surface area contributed by atoms with Gasteiger partial charge in [0.05, 0.1) is 18.8 Å². The van der Waals surface area contributed by atoms with E-state index in [0.29, 0.717) is 19.4 Å². The predicted octanol–water partition coefficient (Wildman–Crippen LogP) is 0.882. The lowest BCUT2D eigenvalue weighted by molar-refractivity contribution is -0.149. The highest BCUT2D eigenvalue weighted by Gasteiger charge is 2.44. The number of ether oxygens (including phenoxy) is 1. The lowest BCUT2D eigenvalue weighted by Crippen LogP contribution is -2.56. The van der Waals surface area contributed by atoms with Gasteiger partial charge in [0.1, 0.15) is 5.60 Å². The number of carbonyl (C=O) groups excluding carboxylic acids is 1. The normalized spacial score (nSPS) is 17.1. The van der Waals surface area contributed by atoms with Gasteiger partial charge < -0.3 is 15.2 Å². The van der Waals surface area contributed by atoms with Crippen molar-refractivity contribution in [2.45, 2.75) is 31.0 Å². The molecule has 0 spiro atoms. The van der Waals surface area contributed by atoms with Crippen LogP contribution in [0.3, 0.4) is 0 Å². The Kier molecular flexibility index (Phi) is 8.72. The first kappa shape index (κ1) is 24.5. The molecule has 2 aromatic rings. The second-order valence-corrected chi connectivity index (χ2v) is 9.11. The molecule has 1 atom stereocenters. The summed E-state index contributed by atoms with van der Waals surface area (Å²) in [6.45, 7) is 0.752. The lowest BCUT2D eigenvalue weighted by atomic mass is 9.90. The van der Waals surface area contributed by atoms with E-state index in [-0.39, 0.29) is 31.5 Å². The molecule has 1 saturated heterocycles. The summed E-state index contributed by atoms with van der Waals surface area (Å²) in [6, 6.07) is 11.2. The third-order valence-corrected chi connectivity index (χ3v) is 6.54. The number of methoxy groups -OCH3 is 1. The third kappa shape index (κ3) is 6.61. The standard InChI is InChI=1S/C19H26N4O4S.CH2O2/c1-27-19(9-13-23(14-10-19)28(2,25)26)18(24)21-17(15-22-12-6-11-20-22)16-7-4-3-5-8-16;2-1-3/h3-8,11-12,17H,9-10,13-15H2,1-2H3,(H,21,24);1H,(H,2,3). The number of amides is 1. The van der Waals surface area contributed by atoms with Gasteiger partial charge in [-0.3, -0.25) is 14.3 Å². The first-order valence-corrected chi connectivity index (χ1v) is 11.5. The average Bonchev–Trinajstić information content (AvgIpc) is 3.27. The smallest absolute Gasteiger partial charge is 0.290 e. The summed E-state index contributed by atoms with van der Waals surface area (Å²) in [5, 5.41) is 14.2. The molecule has 0 saturated carbocycles. The van der Waals surface area contributed by atoms with Crippen LogP contribution in [0.5, 0.6) is 0 Å². The van der Waals surface area contributed by atoms with Crippen LogP contribution in [0.2, 0.25) is 0 Å². The van der Waals surface area contributed by atoms with Crippen LogP contribution in [0.1, 0.15) is 24.4 Å². The molecule has 1 unspecified atom stereocenters. The van der Waals surface area contributed by atoms with Gasteiger partial charge in [0.25, 0.3) is 12.4 Å². The number of nitrogens with one attached hydrogen (secondary N) is 1. The fourth-order valence-electron chi connectivity index (χ4n) is 3.51. The number of carbonyl (C=O) groups is 2. The van der Waals surface area contributed by atoms with Crippen LogP contribution in [0.25, 0.3) is 0 Å². The number of piperidine rings is 1. The summed E-state index contributed by atoms with van der Waals surface area (Å²) in [6.07, 6.45) is 5.35. The molecule has 1 aliphatic rings. The molecule has 0 radical (unpaired) electrons. The summed E-state index contributed by atoms with van der Waals surface area (Å²) in [5.41, 5.74) is -0.0793. The number of nitrogens with zero attached hydrogens (tertiary/aromatic N) is 3. The van der Waals surface area contributed by atoms with Crippen molar-refractivity contribution in [3.05, 3.63) is 54.4 Å². The SMILES string of the molecule is COC1(C(=O)NC(Cn2cccn2)c2ccccc2)CCN(S(C)(=O)=O)CC1.O=CO. The Labute approximate surface area is 181 Å². The summed E-state index contributed by atoms with van der Waals surface area (Å²) >= 11 is 0. The minimum absolute atomic E-state index is 0.232. The maximum Gasteiger partial charge on any atom is 0.290 e. The number of sulfonamides is 1. The van der Waals surface area contributed by atoms with Gasteiger partial charge in [0.15, 0.2) is 0 Å². The van der Waals surface area contributed by atoms with Gasteiger partial charge >= 0.3 is 0 Å². The molecule has 3 rings (SSSR count). The zero-order valence-corrected chi connectivity index (χ0v) is 18.4. The maximum atomic E-state index is 13.2. The first-order chi connectivity index (χ1) is 14.8. The molecular weight excluding hydrogens is 424 g/mol. The van der Waals surface area contributed by atoms with E-state index in [4.69, 9.17) is 14.6 Å². The van der Waals surface area contributed by atoms with Crippen molar-refractivity contribution in [2.24, 2.45) is 0 Å². The van der Waals surface area contributed by atoms with Gasteiger partial charge in [-0.25, -0.2) is 12.7 Å². The van der Waals surface area contributed by atoms with Crippen LogP contribution < -0.4 is 5.32 Å². The molecule has 10 nitrogen and oxygen atoms in total. The minimum atomic E-state index is -3.28. The molecule has 31 heavy (non-hydrogen) atoms. The monoisotopic (exact) mass is 452 g/mol. The molecule has 1 aromatic heterocycles. The molecule has 0 aliphatic carbocycles. The predicted molar refractivity (Wildman–Crippen MR) is 114 cm³/mol. The van der Waals surface area contributed by atoms with Crippen LogP contribution >= 0.6 is 0 Å². The number of rotatable bonds is 7. The van der Waals surface area contributed by atoms with E-state index >= 15 is 0 Å². The van der Waals surface area contributed by atoms with Crippen molar-refractivity contribution in [2.75, 3.05) is 26.5 Å². The Morgan fingerprint density at radius 1 is 1.29 bits per heavy atom. The number of carboxylic acid groups (broad SMARTS) is 1. The highest BCUT2D eigenvalue weighted by molar-refractivity contribution is 7.88. The Hall–Kier alpha value is -2.76. The Balaban J connectivity index is 0.00000107. The van der Waals surface area contributed by atoms with E-state index in [0.717, 1.165) is 5.56 Å². The molecule has 1 aromatic carbocycles. The maximum absolute atomic E-state index is 13.2. The van der Waals surface area contributed by atoms with Gasteiger partial charge in [-0.2, -0.15) is 5.10 Å². The molecule has 2 heterocycles. The number of benzene rings is 1. The second kappa shape index (κ2) is 11.0. The summed E-state index contributed by atoms with van der Waals surface area (Å²) in [7, 11) is -1.78. The molecule has 170 valence electrons. The highest BCUT2D eigenvalue weighted by Crippen LogP contribution is 2.28. The molecule has 1 amide bonds. The Bertz CT molecular complexity index is 926. The number of hydrogen-bond donors (Lipinski definition) is 2. The fourth-order valence-corrected chi connectivity index (χ4v) is 4.35. The number of aromatic nitrogens is 2. The van der Waals surface area contributed by atoms with E-state index in [1.807, 2.05) is 42.6 Å². The van der Waals surface area contributed by atoms with Crippen molar-refractivity contribution in [1.29, 1.82) is 0 Å². The van der Waals surface area contributed by atoms with Crippen LogP contribution in [-0.4, -0.2) is 72.0 Å². The molecule has 0 bridgehead atoms. The molecule has 11 heteroatoms. The van der Waals surface area contributed by atoms with Gasteiger partial charge in [-0.05, 0) is 24.5 Å². The van der Waals surface area contributed by atoms with E-state index < -0.39 is 15.6 Å². The van der Waals surface area contributed by atoms with E-state index in [9.17, 15) is 13.2 Å². The lowest BCUT2D eigenvalue weighted by Gasteiger charge is -2.39. The number of hydrogen-bond acceptors (Lipinski definition) is 6. The van der Waals surface area contributed by atoms with E-state index in [1.165, 1.54) is 17.7 Å². The largest absolute Gasteiger partial charge is 0.483 e. The zero-order chi connectivity index (χ0) is 22.9. The quantitative estimate of drug-likeness (QED) is 0.596. The minimum Gasteiger partial charge on any atom is -0.483 e. The summed E-state index contributed by atoms with van der Waals surface area (Å²) in [5.74, 6) is -0.232. The van der Waals surface area contributed by atoms with Crippen molar-refractivity contribution < 1.29 is 27.9 Å².